The van der Waals surface area contributed by atoms with Gasteiger partial charge in [0.1, 0.15) is 5.75 Å². The monoisotopic (exact) mass is 478 g/mol. The normalized spacial score (nSPS) is 10.4. The largest absolute Gasteiger partial charge is 0.437 e. The van der Waals surface area contributed by atoms with E-state index in [0.717, 1.165) is 0 Å². The highest BCUT2D eigenvalue weighted by Gasteiger charge is 2.11. The molecule has 0 bridgehead atoms. The van der Waals surface area contributed by atoms with Gasteiger partial charge in [-0.2, -0.15) is 0 Å². The Balaban J connectivity index is 1.39. The Hall–Kier alpha value is -3.94. The smallest absolute Gasteiger partial charge is 0.255 e. The lowest BCUT2D eigenvalue weighted by atomic mass is 10.1. The van der Waals surface area contributed by atoms with E-state index in [1.165, 1.54) is 24.5 Å². The van der Waals surface area contributed by atoms with Gasteiger partial charge in [-0.05, 0) is 54.6 Å². The molecule has 33 heavy (non-hydrogen) atoms. The van der Waals surface area contributed by atoms with E-state index in [1.807, 2.05) is 0 Å². The number of nitrogens with one attached hydrogen (secondary N) is 2. The molecule has 0 spiro atoms. The fourth-order valence-corrected chi connectivity index (χ4v) is 3.42. The van der Waals surface area contributed by atoms with Gasteiger partial charge in [0.15, 0.2) is 0 Å². The van der Waals surface area contributed by atoms with E-state index in [0.29, 0.717) is 44.2 Å². The molecule has 0 aliphatic rings. The average molecular weight is 479 g/mol. The number of hydrogen-bond donors (Lipinski definition) is 2. The molecule has 1 aromatic heterocycles. The first kappa shape index (κ1) is 22.3. The van der Waals surface area contributed by atoms with Gasteiger partial charge in [0.25, 0.3) is 11.8 Å². The van der Waals surface area contributed by atoms with Crippen molar-refractivity contribution in [2.45, 2.75) is 0 Å². The number of benzene rings is 3. The zero-order valence-corrected chi connectivity index (χ0v) is 18.5. The van der Waals surface area contributed by atoms with E-state index in [-0.39, 0.29) is 11.8 Å². The van der Waals surface area contributed by atoms with Crippen molar-refractivity contribution in [3.8, 4) is 11.6 Å². The van der Waals surface area contributed by atoms with Crippen LogP contribution in [0, 0.1) is 0 Å². The van der Waals surface area contributed by atoms with Crippen LogP contribution in [-0.2, 0) is 0 Å². The standard InChI is InChI=1S/C24H16Cl2N4O3/c25-17-10-16(11-18(26)12-17)24(32)29-19-6-4-15(5-7-19)23(31)30-20-2-1-3-21(13-20)33-22-14-27-8-9-28-22/h1-14H,(H,29,32)(H,30,31). The summed E-state index contributed by atoms with van der Waals surface area (Å²) in [4.78, 5) is 33.0. The minimum absolute atomic E-state index is 0.314. The highest BCUT2D eigenvalue weighted by Crippen LogP contribution is 2.23. The fourth-order valence-electron chi connectivity index (χ4n) is 2.89. The van der Waals surface area contributed by atoms with Crippen LogP contribution in [0.4, 0.5) is 11.4 Å². The Morgan fingerprint density at radius 3 is 2.15 bits per heavy atom. The van der Waals surface area contributed by atoms with Gasteiger partial charge in [-0.25, -0.2) is 4.98 Å². The third kappa shape index (κ3) is 6.06. The molecule has 164 valence electrons. The average Bonchev–Trinajstić information content (AvgIpc) is 2.80. The maximum atomic E-state index is 12.6. The van der Waals surface area contributed by atoms with Gasteiger partial charge in [-0.1, -0.05) is 29.3 Å². The van der Waals surface area contributed by atoms with Gasteiger partial charge in [0.2, 0.25) is 5.88 Å². The molecule has 0 radical (unpaired) electrons. The molecular formula is C24H16Cl2N4O3. The van der Waals surface area contributed by atoms with Gasteiger partial charge in [0.05, 0.1) is 6.20 Å². The maximum Gasteiger partial charge on any atom is 0.255 e. The number of ether oxygens (including phenoxy) is 1. The lowest BCUT2D eigenvalue weighted by Crippen LogP contribution is -2.13. The topological polar surface area (TPSA) is 93.2 Å². The molecule has 4 rings (SSSR count). The summed E-state index contributed by atoms with van der Waals surface area (Å²) in [6.45, 7) is 0. The van der Waals surface area contributed by atoms with E-state index in [2.05, 4.69) is 20.6 Å². The van der Waals surface area contributed by atoms with Crippen LogP contribution in [0.2, 0.25) is 10.0 Å². The summed E-state index contributed by atoms with van der Waals surface area (Å²) in [5.41, 5.74) is 1.82. The van der Waals surface area contributed by atoms with Gasteiger partial charge in [-0.15, -0.1) is 0 Å². The van der Waals surface area contributed by atoms with E-state index in [9.17, 15) is 9.59 Å². The maximum absolute atomic E-state index is 12.6. The summed E-state index contributed by atoms with van der Waals surface area (Å²) in [5.74, 6) is 0.175. The molecule has 1 heterocycles. The van der Waals surface area contributed by atoms with Crippen molar-refractivity contribution < 1.29 is 14.3 Å². The van der Waals surface area contributed by atoms with Crippen LogP contribution >= 0.6 is 23.2 Å². The van der Waals surface area contributed by atoms with Gasteiger partial charge < -0.3 is 15.4 Å². The van der Waals surface area contributed by atoms with Crippen molar-refractivity contribution in [2.75, 3.05) is 10.6 Å². The van der Waals surface area contributed by atoms with Crippen molar-refractivity contribution in [3.05, 3.63) is 106 Å². The van der Waals surface area contributed by atoms with E-state index in [4.69, 9.17) is 27.9 Å². The van der Waals surface area contributed by atoms with Crippen molar-refractivity contribution in [1.29, 1.82) is 0 Å². The number of halogens is 2. The van der Waals surface area contributed by atoms with Gasteiger partial charge >= 0.3 is 0 Å². The number of nitrogens with zero attached hydrogens (tertiary/aromatic N) is 2. The van der Waals surface area contributed by atoms with E-state index >= 15 is 0 Å². The van der Waals surface area contributed by atoms with Crippen LogP contribution < -0.4 is 15.4 Å². The van der Waals surface area contributed by atoms with E-state index in [1.54, 1.807) is 60.8 Å². The Morgan fingerprint density at radius 2 is 1.45 bits per heavy atom. The molecule has 0 aliphatic carbocycles. The molecule has 0 fully saturated rings. The van der Waals surface area contributed by atoms with Crippen LogP contribution in [0.15, 0.2) is 85.3 Å². The molecule has 0 aliphatic heterocycles. The lowest BCUT2D eigenvalue weighted by molar-refractivity contribution is 0.102. The van der Waals surface area contributed by atoms with Crippen LogP contribution in [0.1, 0.15) is 20.7 Å². The highest BCUT2D eigenvalue weighted by molar-refractivity contribution is 6.35. The predicted molar refractivity (Wildman–Crippen MR) is 127 cm³/mol. The van der Waals surface area contributed by atoms with E-state index < -0.39 is 0 Å². The molecule has 3 aromatic carbocycles. The van der Waals surface area contributed by atoms with Crippen molar-refractivity contribution in [2.24, 2.45) is 0 Å². The summed E-state index contributed by atoms with van der Waals surface area (Å²) in [6, 6.07) is 18.0. The summed E-state index contributed by atoms with van der Waals surface area (Å²) < 4.78 is 5.63. The van der Waals surface area contributed by atoms with Gasteiger partial charge in [-0.3, -0.25) is 14.6 Å². The number of anilines is 2. The first-order chi connectivity index (χ1) is 16.0. The SMILES string of the molecule is O=C(Nc1cccc(Oc2cnccn2)c1)c1ccc(NC(=O)c2cc(Cl)cc(Cl)c2)cc1. The van der Waals surface area contributed by atoms with Gasteiger partial charge in [0, 0.05) is 51.0 Å². The molecule has 0 atom stereocenters. The molecule has 0 saturated carbocycles. The Bertz CT molecular complexity index is 1280. The second-order valence-electron chi connectivity index (χ2n) is 6.82. The predicted octanol–water partition coefficient (Wildman–Crippen LogP) is 6.08. The van der Waals surface area contributed by atoms with Crippen LogP contribution in [-0.4, -0.2) is 21.8 Å². The third-order valence-electron chi connectivity index (χ3n) is 4.38. The first-order valence-electron chi connectivity index (χ1n) is 9.69. The molecule has 0 unspecified atom stereocenters. The van der Waals surface area contributed by atoms with Crippen LogP contribution in [0.3, 0.4) is 0 Å². The highest BCUT2D eigenvalue weighted by atomic mass is 35.5. The minimum atomic E-state index is -0.364. The molecule has 2 amide bonds. The minimum Gasteiger partial charge on any atom is -0.437 e. The Labute approximate surface area is 199 Å². The number of amides is 2. The molecule has 4 aromatic rings. The zero-order chi connectivity index (χ0) is 23.2. The molecule has 2 N–H and O–H groups in total. The third-order valence-corrected chi connectivity index (χ3v) is 4.82. The molecule has 9 heteroatoms. The first-order valence-corrected chi connectivity index (χ1v) is 10.4. The molecule has 0 saturated heterocycles. The molecular weight excluding hydrogens is 463 g/mol. The lowest BCUT2D eigenvalue weighted by Gasteiger charge is -2.09. The summed E-state index contributed by atoms with van der Waals surface area (Å²) >= 11 is 11.9. The van der Waals surface area contributed by atoms with Crippen LogP contribution in [0.25, 0.3) is 0 Å². The zero-order valence-electron chi connectivity index (χ0n) is 17.0. The molecule has 7 nitrogen and oxygen atoms in total. The van der Waals surface area contributed by atoms with Crippen molar-refractivity contribution in [1.82, 2.24) is 9.97 Å². The quantitative estimate of drug-likeness (QED) is 0.350. The second kappa shape index (κ2) is 10.1. The summed E-state index contributed by atoms with van der Waals surface area (Å²) in [7, 11) is 0. The Kier molecular flexibility index (Phi) is 6.83. The number of carbonyl (C=O) groups excluding carboxylic acids is 2. The number of rotatable bonds is 6. The Morgan fingerprint density at radius 1 is 0.758 bits per heavy atom. The van der Waals surface area contributed by atoms with Crippen molar-refractivity contribution in [3.63, 3.8) is 0 Å². The second-order valence-corrected chi connectivity index (χ2v) is 7.69. The van der Waals surface area contributed by atoms with Crippen LogP contribution in [0.5, 0.6) is 11.6 Å². The summed E-state index contributed by atoms with van der Waals surface area (Å²) in [6.07, 6.45) is 4.57. The number of aromatic nitrogens is 2. The van der Waals surface area contributed by atoms with Crippen molar-refractivity contribution >= 4 is 46.4 Å². The number of carbonyl (C=O) groups is 2. The summed E-state index contributed by atoms with van der Waals surface area (Å²) in [5, 5.41) is 6.29. The number of hydrogen-bond acceptors (Lipinski definition) is 5. The fraction of sp³-hybridized carbons (Fsp3) is 0.